The molecule has 0 spiro atoms. The molecule has 3 nitrogen and oxygen atoms in total. The average Bonchev–Trinajstić information content (AvgIpc) is 2.37. The molecule has 0 N–H and O–H groups in total. The van der Waals surface area contributed by atoms with Crippen LogP contribution in [0, 0.1) is 0 Å². The van der Waals surface area contributed by atoms with Crippen LogP contribution in [0.15, 0.2) is 30.3 Å². The van der Waals surface area contributed by atoms with Gasteiger partial charge in [0.25, 0.3) is 0 Å². The third-order valence-corrected chi connectivity index (χ3v) is 5.70. The first kappa shape index (κ1) is 15.4. The highest BCUT2D eigenvalue weighted by atomic mass is 79.9. The zero-order chi connectivity index (χ0) is 13.8. The molecule has 0 saturated heterocycles. The summed E-state index contributed by atoms with van der Waals surface area (Å²) in [5.74, 6) is -0.880. The molecule has 0 aliphatic carbocycles. The van der Waals surface area contributed by atoms with Crippen LogP contribution in [0.4, 0.5) is 0 Å². The highest BCUT2D eigenvalue weighted by Gasteiger charge is 2.49. The number of carbonyl (C=O) groups excluding carboxylic acids is 2. The van der Waals surface area contributed by atoms with Gasteiger partial charge in [-0.2, -0.15) is 0 Å². The number of benzene rings is 1. The summed E-state index contributed by atoms with van der Waals surface area (Å²) < 4.78 is 3.58. The van der Waals surface area contributed by atoms with Gasteiger partial charge in [0, 0.05) is 0 Å². The lowest BCUT2D eigenvalue weighted by Gasteiger charge is -2.27. The molecule has 0 bridgehead atoms. The molecule has 1 rings (SSSR count). The first-order valence-electron chi connectivity index (χ1n) is 5.50. The largest absolute Gasteiger partial charge is 0.465 e. The topological polar surface area (TPSA) is 43.4 Å². The van der Waals surface area contributed by atoms with E-state index in [0.29, 0.717) is 0 Å². The molecule has 0 aliphatic heterocycles. The Morgan fingerprint density at radius 3 is 2.33 bits per heavy atom. The van der Waals surface area contributed by atoms with Gasteiger partial charge in [-0.1, -0.05) is 62.2 Å². The van der Waals surface area contributed by atoms with E-state index in [1.807, 2.05) is 30.3 Å². The van der Waals surface area contributed by atoms with E-state index in [4.69, 9.17) is 4.74 Å². The number of hydrogen-bond acceptors (Lipinski definition) is 3. The highest BCUT2D eigenvalue weighted by Crippen LogP contribution is 2.42. The number of halogens is 2. The number of Topliss-reactive ketones (excluding diaryl/α,β-unsaturated/α-hetero) is 1. The molecule has 0 fully saturated rings. The lowest BCUT2D eigenvalue weighted by molar-refractivity contribution is -0.148. The van der Waals surface area contributed by atoms with Gasteiger partial charge in [-0.15, -0.1) is 0 Å². The van der Waals surface area contributed by atoms with Crippen molar-refractivity contribution in [2.45, 2.75) is 23.0 Å². The molecular weight excluding hydrogens is 364 g/mol. The first-order valence-corrected chi connectivity index (χ1v) is 7.21. The van der Waals surface area contributed by atoms with E-state index in [0.717, 1.165) is 5.56 Å². The van der Waals surface area contributed by atoms with E-state index >= 15 is 0 Å². The molecule has 0 amide bonds. The van der Waals surface area contributed by atoms with Crippen LogP contribution in [-0.2, 0) is 14.3 Å². The number of alkyl halides is 2. The number of rotatable bonds is 5. The SMILES string of the molecule is CCOC(=O)C(Br)(C(C)=O)C(Br)c1ccccc1. The number of carbonyl (C=O) groups is 2. The van der Waals surface area contributed by atoms with Crippen molar-refractivity contribution < 1.29 is 14.3 Å². The smallest absolute Gasteiger partial charge is 0.332 e. The Hall–Kier alpha value is -0.680. The molecule has 5 heteroatoms. The number of hydrogen-bond donors (Lipinski definition) is 0. The summed E-state index contributed by atoms with van der Waals surface area (Å²) in [6.07, 6.45) is 0. The third kappa shape index (κ3) is 3.01. The van der Waals surface area contributed by atoms with Gasteiger partial charge in [-0.25, -0.2) is 4.79 Å². The maximum Gasteiger partial charge on any atom is 0.332 e. The molecule has 1 aromatic carbocycles. The van der Waals surface area contributed by atoms with Crippen molar-refractivity contribution in [3.63, 3.8) is 0 Å². The van der Waals surface area contributed by atoms with E-state index in [1.165, 1.54) is 6.92 Å². The normalized spacial score (nSPS) is 15.6. The van der Waals surface area contributed by atoms with Gasteiger partial charge in [0.2, 0.25) is 0 Å². The maximum absolute atomic E-state index is 12.0. The van der Waals surface area contributed by atoms with Crippen LogP contribution in [0.25, 0.3) is 0 Å². The summed E-state index contributed by atoms with van der Waals surface area (Å²) in [7, 11) is 0. The van der Waals surface area contributed by atoms with Crippen LogP contribution in [0.2, 0.25) is 0 Å². The predicted octanol–water partition coefficient (Wildman–Crippen LogP) is 3.41. The highest BCUT2D eigenvalue weighted by molar-refractivity contribution is 9.13. The Kier molecular flexibility index (Phi) is 5.53. The molecule has 2 unspecified atom stereocenters. The van der Waals surface area contributed by atoms with E-state index in [2.05, 4.69) is 31.9 Å². The fourth-order valence-electron chi connectivity index (χ4n) is 1.51. The van der Waals surface area contributed by atoms with Crippen LogP contribution >= 0.6 is 31.9 Å². The van der Waals surface area contributed by atoms with Gasteiger partial charge in [0.1, 0.15) is 0 Å². The zero-order valence-electron chi connectivity index (χ0n) is 10.2. The maximum atomic E-state index is 12.0. The molecule has 0 aromatic heterocycles. The minimum Gasteiger partial charge on any atom is -0.465 e. The van der Waals surface area contributed by atoms with E-state index < -0.39 is 15.1 Å². The molecule has 18 heavy (non-hydrogen) atoms. The summed E-state index contributed by atoms with van der Waals surface area (Å²) in [6.45, 7) is 3.30. The van der Waals surface area contributed by atoms with Crippen molar-refractivity contribution in [3.05, 3.63) is 35.9 Å². The fourth-order valence-corrected chi connectivity index (χ4v) is 2.71. The number of ketones is 1. The van der Waals surface area contributed by atoms with Gasteiger partial charge < -0.3 is 4.74 Å². The lowest BCUT2D eigenvalue weighted by atomic mass is 9.95. The van der Waals surface area contributed by atoms with Crippen molar-refractivity contribution >= 4 is 43.6 Å². The first-order chi connectivity index (χ1) is 8.44. The van der Waals surface area contributed by atoms with Gasteiger partial charge in [0.15, 0.2) is 10.1 Å². The second-order valence-electron chi connectivity index (χ2n) is 3.76. The Labute approximate surface area is 123 Å². The summed E-state index contributed by atoms with van der Waals surface area (Å²) in [5.41, 5.74) is 0.831. The minimum atomic E-state index is -1.40. The molecule has 0 aliphatic rings. The summed E-state index contributed by atoms with van der Waals surface area (Å²) in [4.78, 5) is 23.3. The van der Waals surface area contributed by atoms with Crippen LogP contribution in [-0.4, -0.2) is 22.7 Å². The zero-order valence-corrected chi connectivity index (χ0v) is 13.3. The molecule has 0 saturated carbocycles. The van der Waals surface area contributed by atoms with Crippen molar-refractivity contribution in [1.82, 2.24) is 0 Å². The Morgan fingerprint density at radius 1 is 1.33 bits per heavy atom. The summed E-state index contributed by atoms with van der Waals surface area (Å²) >= 11 is 6.66. The lowest BCUT2D eigenvalue weighted by Crippen LogP contribution is -2.44. The van der Waals surface area contributed by atoms with Crippen molar-refractivity contribution in [2.24, 2.45) is 0 Å². The molecule has 0 heterocycles. The van der Waals surface area contributed by atoms with Crippen LogP contribution in [0.3, 0.4) is 0 Å². The van der Waals surface area contributed by atoms with E-state index in [1.54, 1.807) is 6.92 Å². The average molecular weight is 378 g/mol. The quantitative estimate of drug-likeness (QED) is 0.448. The Balaban J connectivity index is 3.13. The summed E-state index contributed by atoms with van der Waals surface area (Å²) in [6, 6.07) is 9.26. The van der Waals surface area contributed by atoms with Crippen molar-refractivity contribution in [2.75, 3.05) is 6.61 Å². The summed E-state index contributed by atoms with van der Waals surface area (Å²) in [5, 5.41) is 0. The van der Waals surface area contributed by atoms with Crippen molar-refractivity contribution in [3.8, 4) is 0 Å². The molecular formula is C13H14Br2O3. The van der Waals surface area contributed by atoms with Crippen LogP contribution < -0.4 is 0 Å². The molecule has 1 aromatic rings. The molecule has 98 valence electrons. The van der Waals surface area contributed by atoms with Gasteiger partial charge >= 0.3 is 5.97 Å². The number of esters is 1. The van der Waals surface area contributed by atoms with Gasteiger partial charge in [-0.05, 0) is 19.4 Å². The van der Waals surface area contributed by atoms with E-state index in [9.17, 15) is 9.59 Å². The fraction of sp³-hybridized carbons (Fsp3) is 0.385. The van der Waals surface area contributed by atoms with Crippen LogP contribution in [0.1, 0.15) is 24.2 Å². The van der Waals surface area contributed by atoms with Crippen LogP contribution in [0.5, 0.6) is 0 Å². The standard InChI is InChI=1S/C13H14Br2O3/c1-3-18-12(17)13(15,9(2)16)11(14)10-7-5-4-6-8-10/h4-8,11H,3H2,1-2H3. The van der Waals surface area contributed by atoms with Crippen molar-refractivity contribution in [1.29, 1.82) is 0 Å². The van der Waals surface area contributed by atoms with Gasteiger partial charge in [-0.3, -0.25) is 4.79 Å². The predicted molar refractivity (Wildman–Crippen MR) is 77.1 cm³/mol. The molecule has 0 radical (unpaired) electrons. The Bertz CT molecular complexity index is 433. The monoisotopic (exact) mass is 376 g/mol. The second-order valence-corrected chi connectivity index (χ2v) is 5.93. The van der Waals surface area contributed by atoms with Gasteiger partial charge in [0.05, 0.1) is 11.4 Å². The third-order valence-electron chi connectivity index (χ3n) is 2.53. The number of ether oxygens (including phenoxy) is 1. The van der Waals surface area contributed by atoms with E-state index in [-0.39, 0.29) is 12.4 Å². The minimum absolute atomic E-state index is 0.230. The Morgan fingerprint density at radius 2 is 1.89 bits per heavy atom. The molecule has 2 atom stereocenters. The second kappa shape index (κ2) is 6.48.